The van der Waals surface area contributed by atoms with Crippen molar-refractivity contribution in [1.29, 1.82) is 0 Å². The van der Waals surface area contributed by atoms with Crippen molar-refractivity contribution in [3.8, 4) is 0 Å². The maximum atomic E-state index is 11.8. The van der Waals surface area contributed by atoms with Crippen LogP contribution in [0, 0.1) is 17.8 Å². The van der Waals surface area contributed by atoms with Crippen LogP contribution in [-0.2, 0) is 9.59 Å². The van der Waals surface area contributed by atoms with Crippen molar-refractivity contribution in [1.82, 2.24) is 10.6 Å². The normalized spacial score (nSPS) is 29.6. The van der Waals surface area contributed by atoms with E-state index in [2.05, 4.69) is 10.6 Å². The summed E-state index contributed by atoms with van der Waals surface area (Å²) in [5, 5.41) is 5.77. The fraction of sp³-hybridized carbons (Fsp3) is 0.857. The van der Waals surface area contributed by atoms with Crippen LogP contribution in [0.25, 0.3) is 0 Å². The molecule has 0 heterocycles. The molecule has 2 unspecified atom stereocenters. The standard InChI is InChI=1S/C14H24N2O2/c1-14(2,3)16-12(17)4-5-15-13(18)11-7-9-6-10(9)8-11/h9-11H,4-8H2,1-3H3,(H,15,18)(H,16,17). The Morgan fingerprint density at radius 3 is 2.28 bits per heavy atom. The van der Waals surface area contributed by atoms with Gasteiger partial charge in [0.2, 0.25) is 11.8 Å². The largest absolute Gasteiger partial charge is 0.355 e. The molecule has 2 amide bonds. The van der Waals surface area contributed by atoms with Gasteiger partial charge in [0.25, 0.3) is 0 Å². The zero-order valence-corrected chi connectivity index (χ0v) is 11.6. The van der Waals surface area contributed by atoms with Crippen LogP contribution in [-0.4, -0.2) is 23.9 Å². The van der Waals surface area contributed by atoms with Gasteiger partial charge in [0, 0.05) is 24.4 Å². The minimum absolute atomic E-state index is 0.00271. The molecule has 2 saturated carbocycles. The summed E-state index contributed by atoms with van der Waals surface area (Å²) in [6, 6.07) is 0. The van der Waals surface area contributed by atoms with Gasteiger partial charge in [-0.15, -0.1) is 0 Å². The van der Waals surface area contributed by atoms with E-state index in [0.29, 0.717) is 13.0 Å². The Morgan fingerprint density at radius 2 is 1.72 bits per heavy atom. The zero-order chi connectivity index (χ0) is 13.3. The average Bonchev–Trinajstić information content (AvgIpc) is 2.83. The monoisotopic (exact) mass is 252 g/mol. The van der Waals surface area contributed by atoms with Crippen molar-refractivity contribution in [2.75, 3.05) is 6.54 Å². The van der Waals surface area contributed by atoms with Crippen molar-refractivity contribution >= 4 is 11.8 Å². The lowest BCUT2D eigenvalue weighted by atomic mass is 10.0. The molecule has 0 aliphatic heterocycles. The van der Waals surface area contributed by atoms with Gasteiger partial charge in [-0.05, 0) is 51.9 Å². The van der Waals surface area contributed by atoms with Crippen LogP contribution in [0.15, 0.2) is 0 Å². The zero-order valence-electron chi connectivity index (χ0n) is 11.6. The van der Waals surface area contributed by atoms with Gasteiger partial charge in [-0.2, -0.15) is 0 Å². The molecule has 0 aromatic heterocycles. The number of amides is 2. The van der Waals surface area contributed by atoms with Crippen molar-refractivity contribution in [3.63, 3.8) is 0 Å². The molecule has 2 rings (SSSR count). The molecule has 0 spiro atoms. The van der Waals surface area contributed by atoms with Crippen LogP contribution in [0.4, 0.5) is 0 Å². The Labute approximate surface area is 109 Å². The summed E-state index contributed by atoms with van der Waals surface area (Å²) in [5.41, 5.74) is -0.201. The van der Waals surface area contributed by atoms with E-state index in [1.165, 1.54) is 6.42 Å². The molecule has 0 radical (unpaired) electrons. The molecule has 102 valence electrons. The number of hydrogen-bond donors (Lipinski definition) is 2. The molecule has 0 saturated heterocycles. The molecular formula is C14H24N2O2. The maximum Gasteiger partial charge on any atom is 0.223 e. The average molecular weight is 252 g/mol. The van der Waals surface area contributed by atoms with Crippen LogP contribution in [0.5, 0.6) is 0 Å². The Morgan fingerprint density at radius 1 is 1.11 bits per heavy atom. The third-order valence-electron chi connectivity index (χ3n) is 3.78. The van der Waals surface area contributed by atoms with E-state index in [-0.39, 0.29) is 23.3 Å². The van der Waals surface area contributed by atoms with Crippen LogP contribution in [0.2, 0.25) is 0 Å². The highest BCUT2D eigenvalue weighted by Gasteiger charge is 2.47. The Kier molecular flexibility index (Phi) is 3.64. The summed E-state index contributed by atoms with van der Waals surface area (Å²) in [7, 11) is 0. The molecule has 0 aromatic rings. The highest BCUT2D eigenvalue weighted by Crippen LogP contribution is 2.54. The number of fused-ring (bicyclic) bond motifs is 1. The molecule has 0 aromatic carbocycles. The molecule has 2 N–H and O–H groups in total. The molecule has 18 heavy (non-hydrogen) atoms. The number of rotatable bonds is 4. The lowest BCUT2D eigenvalue weighted by Crippen LogP contribution is -2.42. The lowest BCUT2D eigenvalue weighted by molar-refractivity contribution is -0.125. The second-order valence-electron chi connectivity index (χ2n) is 6.76. The van der Waals surface area contributed by atoms with Crippen molar-refractivity contribution in [2.45, 2.75) is 52.0 Å². The summed E-state index contributed by atoms with van der Waals surface area (Å²) in [6.45, 7) is 6.31. The first kappa shape index (κ1) is 13.4. The molecule has 0 bridgehead atoms. The fourth-order valence-corrected chi connectivity index (χ4v) is 2.85. The minimum Gasteiger partial charge on any atom is -0.355 e. The van der Waals surface area contributed by atoms with Gasteiger partial charge in [-0.1, -0.05) is 0 Å². The minimum atomic E-state index is -0.201. The van der Waals surface area contributed by atoms with Gasteiger partial charge in [0.1, 0.15) is 0 Å². The highest BCUT2D eigenvalue weighted by molar-refractivity contribution is 5.81. The molecular weight excluding hydrogens is 228 g/mol. The summed E-state index contributed by atoms with van der Waals surface area (Å²) in [4.78, 5) is 23.4. The Balaban J connectivity index is 1.60. The topological polar surface area (TPSA) is 58.2 Å². The van der Waals surface area contributed by atoms with Gasteiger partial charge in [0.05, 0.1) is 0 Å². The quantitative estimate of drug-likeness (QED) is 0.795. The predicted molar refractivity (Wildman–Crippen MR) is 69.8 cm³/mol. The number of carbonyl (C=O) groups excluding carboxylic acids is 2. The van der Waals surface area contributed by atoms with E-state index in [1.807, 2.05) is 20.8 Å². The molecule has 2 aliphatic carbocycles. The van der Waals surface area contributed by atoms with Gasteiger partial charge < -0.3 is 10.6 Å². The van der Waals surface area contributed by atoms with Gasteiger partial charge in [0.15, 0.2) is 0 Å². The van der Waals surface area contributed by atoms with E-state index < -0.39 is 0 Å². The van der Waals surface area contributed by atoms with E-state index in [1.54, 1.807) is 0 Å². The summed E-state index contributed by atoms with van der Waals surface area (Å²) in [5.74, 6) is 2.00. The molecule has 2 atom stereocenters. The van der Waals surface area contributed by atoms with E-state index in [0.717, 1.165) is 24.7 Å². The third kappa shape index (κ3) is 3.72. The first-order valence-electron chi connectivity index (χ1n) is 6.94. The number of nitrogens with one attached hydrogen (secondary N) is 2. The smallest absolute Gasteiger partial charge is 0.223 e. The molecule has 2 aliphatic rings. The van der Waals surface area contributed by atoms with E-state index >= 15 is 0 Å². The van der Waals surface area contributed by atoms with Crippen molar-refractivity contribution < 1.29 is 9.59 Å². The Hall–Kier alpha value is -1.06. The van der Waals surface area contributed by atoms with Gasteiger partial charge in [-0.25, -0.2) is 0 Å². The predicted octanol–water partition coefficient (Wildman–Crippen LogP) is 1.45. The lowest BCUT2D eigenvalue weighted by Gasteiger charge is -2.20. The molecule has 4 nitrogen and oxygen atoms in total. The van der Waals surface area contributed by atoms with E-state index in [4.69, 9.17) is 0 Å². The molecule has 2 fully saturated rings. The number of hydrogen-bond acceptors (Lipinski definition) is 2. The maximum absolute atomic E-state index is 11.8. The van der Waals surface area contributed by atoms with Crippen molar-refractivity contribution in [3.05, 3.63) is 0 Å². The summed E-state index contributed by atoms with van der Waals surface area (Å²) in [6.07, 6.45) is 3.82. The fourth-order valence-electron chi connectivity index (χ4n) is 2.85. The van der Waals surface area contributed by atoms with Crippen LogP contribution >= 0.6 is 0 Å². The second-order valence-corrected chi connectivity index (χ2v) is 6.76. The third-order valence-corrected chi connectivity index (χ3v) is 3.78. The SMILES string of the molecule is CC(C)(C)NC(=O)CCNC(=O)C1CC2CC2C1. The second kappa shape index (κ2) is 4.90. The van der Waals surface area contributed by atoms with Crippen LogP contribution in [0.3, 0.4) is 0 Å². The van der Waals surface area contributed by atoms with Crippen LogP contribution < -0.4 is 10.6 Å². The van der Waals surface area contributed by atoms with Gasteiger partial charge >= 0.3 is 0 Å². The first-order chi connectivity index (χ1) is 8.35. The number of carbonyl (C=O) groups is 2. The van der Waals surface area contributed by atoms with E-state index in [9.17, 15) is 9.59 Å². The summed E-state index contributed by atoms with van der Waals surface area (Å²) >= 11 is 0. The first-order valence-corrected chi connectivity index (χ1v) is 6.94. The van der Waals surface area contributed by atoms with Crippen LogP contribution in [0.1, 0.15) is 46.5 Å². The van der Waals surface area contributed by atoms with Gasteiger partial charge in [-0.3, -0.25) is 9.59 Å². The van der Waals surface area contributed by atoms with Crippen molar-refractivity contribution in [2.24, 2.45) is 17.8 Å². The highest BCUT2D eigenvalue weighted by atomic mass is 16.2. The summed E-state index contributed by atoms with van der Waals surface area (Å²) < 4.78 is 0. The molecule has 4 heteroatoms. The Bertz CT molecular complexity index is 336.